The van der Waals surface area contributed by atoms with Crippen molar-refractivity contribution in [1.82, 2.24) is 14.6 Å². The summed E-state index contributed by atoms with van der Waals surface area (Å²) in [5.74, 6) is 0.0893. The van der Waals surface area contributed by atoms with Gasteiger partial charge in [-0.3, -0.25) is 25.0 Å². The third-order valence-corrected chi connectivity index (χ3v) is 6.06. The van der Waals surface area contributed by atoms with Crippen LogP contribution < -0.4 is 15.0 Å². The van der Waals surface area contributed by atoms with Crippen LogP contribution >= 0.6 is 15.9 Å². The summed E-state index contributed by atoms with van der Waals surface area (Å²) in [7, 11) is 1.30. The molecule has 0 unspecified atom stereocenters. The highest BCUT2D eigenvalue weighted by atomic mass is 79.9. The maximum absolute atomic E-state index is 13.3. The number of rotatable bonds is 10. The number of hydrogen-bond acceptors (Lipinski definition) is 10. The van der Waals surface area contributed by atoms with Crippen LogP contribution in [-0.4, -0.2) is 37.8 Å². The van der Waals surface area contributed by atoms with Crippen molar-refractivity contribution in [2.75, 3.05) is 7.11 Å². The number of hydrogen-bond donors (Lipinski definition) is 0. The highest BCUT2D eigenvalue weighted by Gasteiger charge is 2.24. The normalized spacial score (nSPS) is 11.2. The number of benzene rings is 2. The van der Waals surface area contributed by atoms with E-state index in [0.717, 1.165) is 25.1 Å². The Morgan fingerprint density at radius 2 is 1.92 bits per heavy atom. The van der Waals surface area contributed by atoms with Crippen molar-refractivity contribution in [2.45, 2.75) is 26.2 Å². The van der Waals surface area contributed by atoms with Crippen LogP contribution in [0, 0.1) is 20.2 Å². The molecular weight excluding hydrogens is 576 g/mol. The van der Waals surface area contributed by atoms with Gasteiger partial charge in [0.25, 0.3) is 11.2 Å². The Balaban J connectivity index is 1.77. The fraction of sp³-hybridized carbons (Fsp3) is 0.200. The lowest BCUT2D eigenvalue weighted by Crippen LogP contribution is -2.22. The lowest BCUT2D eigenvalue weighted by Gasteiger charge is -2.11. The predicted octanol–water partition coefficient (Wildman–Crippen LogP) is 5.40. The van der Waals surface area contributed by atoms with E-state index < -0.39 is 15.5 Å². The fourth-order valence-electron chi connectivity index (χ4n) is 3.65. The third kappa shape index (κ3) is 6.06. The zero-order valence-electron chi connectivity index (χ0n) is 20.7. The molecule has 39 heavy (non-hydrogen) atoms. The topological polar surface area (TPSA) is 165 Å². The summed E-state index contributed by atoms with van der Waals surface area (Å²) in [5.41, 5.74) is -0.312. The van der Waals surface area contributed by atoms with Crippen molar-refractivity contribution < 1.29 is 19.3 Å². The number of aromatic nitrogens is 3. The van der Waals surface area contributed by atoms with E-state index >= 15 is 0 Å². The smallest absolute Gasteiger partial charge is 0.316 e. The number of nitro benzene ring substituents is 1. The van der Waals surface area contributed by atoms with Gasteiger partial charge in [-0.15, -0.1) is 0 Å². The summed E-state index contributed by atoms with van der Waals surface area (Å²) in [5, 5.41) is 27.5. The molecule has 4 rings (SSSR count). The maximum atomic E-state index is 13.3. The number of nitrogens with zero attached hydrogens (tertiary/aromatic N) is 6. The summed E-state index contributed by atoms with van der Waals surface area (Å²) >= 11 is 3.37. The van der Waals surface area contributed by atoms with E-state index in [1.54, 1.807) is 18.2 Å². The Labute approximate surface area is 229 Å². The van der Waals surface area contributed by atoms with Crippen LogP contribution in [-0.2, 0) is 6.42 Å². The Morgan fingerprint density at radius 3 is 2.56 bits per heavy atom. The van der Waals surface area contributed by atoms with E-state index in [4.69, 9.17) is 9.47 Å². The van der Waals surface area contributed by atoms with E-state index in [9.17, 15) is 25.0 Å². The van der Waals surface area contributed by atoms with Crippen LogP contribution in [0.25, 0.3) is 10.9 Å². The van der Waals surface area contributed by atoms with Gasteiger partial charge in [-0.1, -0.05) is 29.3 Å². The number of halogens is 1. The summed E-state index contributed by atoms with van der Waals surface area (Å²) in [6.07, 6.45) is 4.44. The second-order valence-corrected chi connectivity index (χ2v) is 9.11. The number of unbranched alkanes of at least 4 members (excludes halogenated alkanes) is 1. The molecule has 4 aromatic rings. The molecule has 0 saturated heterocycles. The molecule has 0 N–H and O–H groups in total. The molecule has 0 aliphatic carbocycles. The van der Waals surface area contributed by atoms with Gasteiger partial charge in [0.2, 0.25) is 11.6 Å². The van der Waals surface area contributed by atoms with E-state index in [1.807, 2.05) is 6.92 Å². The van der Waals surface area contributed by atoms with Crippen molar-refractivity contribution in [2.24, 2.45) is 5.10 Å². The average molecular weight is 597 g/mol. The van der Waals surface area contributed by atoms with Crippen molar-refractivity contribution >= 4 is 44.4 Å². The van der Waals surface area contributed by atoms with Gasteiger partial charge in [0.1, 0.15) is 12.0 Å². The van der Waals surface area contributed by atoms with Crippen LogP contribution in [0.3, 0.4) is 0 Å². The minimum absolute atomic E-state index is 0.00933. The molecule has 200 valence electrons. The number of pyridine rings is 1. The van der Waals surface area contributed by atoms with Gasteiger partial charge in [-0.2, -0.15) is 9.78 Å². The number of aryl methyl sites for hydroxylation is 1. The molecule has 13 nitrogen and oxygen atoms in total. The predicted molar refractivity (Wildman–Crippen MR) is 146 cm³/mol. The summed E-state index contributed by atoms with van der Waals surface area (Å²) < 4.78 is 12.8. The maximum Gasteiger partial charge on any atom is 0.316 e. The molecule has 0 saturated carbocycles. The minimum Gasteiger partial charge on any atom is -0.493 e. The van der Waals surface area contributed by atoms with Crippen molar-refractivity contribution in [1.29, 1.82) is 0 Å². The Morgan fingerprint density at radius 1 is 1.13 bits per heavy atom. The second-order valence-electron chi connectivity index (χ2n) is 8.20. The van der Waals surface area contributed by atoms with Gasteiger partial charge in [-0.05, 0) is 30.7 Å². The van der Waals surface area contributed by atoms with E-state index in [0.29, 0.717) is 27.6 Å². The van der Waals surface area contributed by atoms with Crippen LogP contribution in [0.1, 0.15) is 31.2 Å². The van der Waals surface area contributed by atoms with Crippen LogP contribution in [0.15, 0.2) is 63.0 Å². The molecule has 14 heteroatoms. The molecule has 2 heterocycles. The number of methoxy groups -OCH3 is 1. The lowest BCUT2D eigenvalue weighted by molar-refractivity contribution is -0.385. The first kappa shape index (κ1) is 27.3. The number of nitro groups is 2. The minimum atomic E-state index is -0.672. The van der Waals surface area contributed by atoms with Crippen molar-refractivity contribution in [3.05, 3.63) is 95.1 Å². The van der Waals surface area contributed by atoms with E-state index in [2.05, 4.69) is 31.0 Å². The molecular formula is C25H21BrN6O7. The fourth-order valence-corrected chi connectivity index (χ4v) is 4.01. The Bertz CT molecular complexity index is 1650. The monoisotopic (exact) mass is 596 g/mol. The van der Waals surface area contributed by atoms with Gasteiger partial charge < -0.3 is 9.47 Å². The molecule has 0 aliphatic heterocycles. The summed E-state index contributed by atoms with van der Waals surface area (Å²) in [4.78, 5) is 43.2. The van der Waals surface area contributed by atoms with Crippen molar-refractivity contribution in [3.8, 4) is 17.4 Å². The number of fused-ring (bicyclic) bond motifs is 1. The molecule has 0 atom stereocenters. The lowest BCUT2D eigenvalue weighted by atomic mass is 10.2. The first-order chi connectivity index (χ1) is 18.7. The molecule has 2 aromatic heterocycles. The van der Waals surface area contributed by atoms with Gasteiger partial charge >= 0.3 is 5.69 Å². The Kier molecular flexibility index (Phi) is 8.24. The zero-order chi connectivity index (χ0) is 28.1. The molecule has 2 aromatic carbocycles. The van der Waals surface area contributed by atoms with Gasteiger partial charge in [0.05, 0.1) is 34.1 Å². The molecule has 0 bridgehead atoms. The largest absolute Gasteiger partial charge is 0.493 e. The number of ether oxygens (including phenoxy) is 2. The highest BCUT2D eigenvalue weighted by Crippen LogP contribution is 2.40. The Hall–Kier alpha value is -4.72. The van der Waals surface area contributed by atoms with Crippen LogP contribution in [0.4, 0.5) is 11.4 Å². The van der Waals surface area contributed by atoms with Gasteiger partial charge in [-0.25, -0.2) is 9.97 Å². The molecule has 0 spiro atoms. The molecule has 0 amide bonds. The van der Waals surface area contributed by atoms with Gasteiger partial charge in [0.15, 0.2) is 5.75 Å². The van der Waals surface area contributed by atoms with Crippen molar-refractivity contribution in [3.63, 3.8) is 0 Å². The van der Waals surface area contributed by atoms with Crippen LogP contribution in [0.5, 0.6) is 17.4 Å². The zero-order valence-corrected chi connectivity index (χ0v) is 22.3. The molecule has 0 fully saturated rings. The van der Waals surface area contributed by atoms with E-state index in [-0.39, 0.29) is 34.2 Å². The average Bonchev–Trinajstić information content (AvgIpc) is 2.92. The first-order valence-corrected chi connectivity index (χ1v) is 12.4. The molecule has 0 radical (unpaired) electrons. The van der Waals surface area contributed by atoms with Crippen LogP contribution in [0.2, 0.25) is 0 Å². The first-order valence-electron chi connectivity index (χ1n) is 11.6. The summed E-state index contributed by atoms with van der Waals surface area (Å²) in [6.45, 7) is 2.02. The van der Waals surface area contributed by atoms with E-state index in [1.165, 1.54) is 36.2 Å². The highest BCUT2D eigenvalue weighted by molar-refractivity contribution is 9.10. The third-order valence-electron chi connectivity index (χ3n) is 5.56. The standard InChI is InChI=1S/C25H21BrN6O7/c1-3-4-5-22-29-19-8-6-16(26)12-18(19)25(33)30(22)28-13-15-10-20(32(36)37)24(21(11-15)38-2)39-23-9-7-17(14-27-23)31(34)35/h6-14H,3-5H2,1-2H3. The quantitative estimate of drug-likeness (QED) is 0.132. The SMILES string of the molecule is CCCCc1nc2ccc(Br)cc2c(=O)n1N=Cc1cc(OC)c(Oc2ccc([N+](=O)[O-])cn2)c([N+](=O)[O-])c1. The summed E-state index contributed by atoms with van der Waals surface area (Å²) in [6, 6.07) is 10.2. The van der Waals surface area contributed by atoms with Gasteiger partial charge in [0, 0.05) is 34.7 Å². The molecule has 0 aliphatic rings. The second kappa shape index (κ2) is 11.8.